The summed E-state index contributed by atoms with van der Waals surface area (Å²) in [6, 6.07) is 10.7. The lowest BCUT2D eigenvalue weighted by Crippen LogP contribution is -2.46. The van der Waals surface area contributed by atoms with Gasteiger partial charge in [-0.05, 0) is 81.8 Å². The molecule has 11 nitrogen and oxygen atoms in total. The molecule has 3 fully saturated rings. The van der Waals surface area contributed by atoms with Crippen LogP contribution in [0.3, 0.4) is 0 Å². The fourth-order valence-electron chi connectivity index (χ4n) is 7.81. The summed E-state index contributed by atoms with van der Waals surface area (Å²) >= 11 is 13.4. The zero-order valence-corrected chi connectivity index (χ0v) is 30.6. The van der Waals surface area contributed by atoms with Crippen molar-refractivity contribution in [1.82, 2.24) is 14.4 Å². The fraction of sp³-hybridized carbons (Fsp3) is 0.528. The average Bonchev–Trinajstić information content (AvgIpc) is 3.67. The van der Waals surface area contributed by atoms with E-state index in [1.54, 1.807) is 18.3 Å². The molecule has 2 atom stereocenters. The number of nitrogens with one attached hydrogen (secondary N) is 1. The molecule has 0 spiro atoms. The van der Waals surface area contributed by atoms with Gasteiger partial charge in [0.15, 0.2) is 0 Å². The Hall–Kier alpha value is -3.16. The van der Waals surface area contributed by atoms with Gasteiger partial charge in [-0.25, -0.2) is 8.42 Å². The molecule has 2 amide bonds. The third-order valence-electron chi connectivity index (χ3n) is 10.7. The second-order valence-electron chi connectivity index (χ2n) is 14.0. The van der Waals surface area contributed by atoms with Crippen molar-refractivity contribution in [3.8, 4) is 0 Å². The molecule has 0 radical (unpaired) electrons. The number of para-hydroxylation sites is 1. The van der Waals surface area contributed by atoms with Crippen LogP contribution in [0.1, 0.15) is 60.9 Å². The number of aromatic nitrogens is 1. The van der Waals surface area contributed by atoms with Crippen LogP contribution >= 0.6 is 23.2 Å². The molecule has 1 saturated carbocycles. The Morgan fingerprint density at radius 3 is 2.38 bits per heavy atom. The summed E-state index contributed by atoms with van der Waals surface area (Å²) in [5.41, 5.74) is 2.30. The van der Waals surface area contributed by atoms with E-state index in [-0.39, 0.29) is 52.6 Å². The third-order valence-corrected chi connectivity index (χ3v) is 13.1. The van der Waals surface area contributed by atoms with Crippen LogP contribution in [0.15, 0.2) is 42.6 Å². The number of rotatable bonds is 10. The monoisotopic (exact) mass is 746 g/mol. The first-order chi connectivity index (χ1) is 23.8. The van der Waals surface area contributed by atoms with Crippen molar-refractivity contribution in [2.45, 2.75) is 74.8 Å². The quantitative estimate of drug-likeness (QED) is 0.281. The Balaban J connectivity index is 1.14. The molecule has 6 rings (SSSR count). The van der Waals surface area contributed by atoms with Crippen molar-refractivity contribution in [2.75, 3.05) is 37.8 Å². The molecule has 3 aromatic rings. The van der Waals surface area contributed by atoms with Crippen LogP contribution in [-0.4, -0.2) is 102 Å². The van der Waals surface area contributed by atoms with E-state index < -0.39 is 15.8 Å². The van der Waals surface area contributed by atoms with Gasteiger partial charge in [0.2, 0.25) is 5.91 Å². The number of piperidine rings is 1. The Morgan fingerprint density at radius 1 is 1.00 bits per heavy atom. The zero-order chi connectivity index (χ0) is 35.7. The van der Waals surface area contributed by atoms with E-state index in [4.69, 9.17) is 27.9 Å². The number of hydrogen-bond donors (Lipinski definition) is 2. The molecule has 3 heterocycles. The Bertz CT molecular complexity index is 1870. The highest BCUT2D eigenvalue weighted by atomic mass is 35.5. The number of likely N-dealkylation sites (tertiary alicyclic amines) is 2. The number of benzene rings is 2. The molecule has 2 saturated heterocycles. The van der Waals surface area contributed by atoms with E-state index in [2.05, 4.69) is 10.2 Å². The number of carbonyl (C=O) groups is 3. The number of fused-ring (bicyclic) bond motifs is 1. The lowest BCUT2D eigenvalue weighted by Gasteiger charge is -2.35. The first-order valence-electron chi connectivity index (χ1n) is 17.2. The van der Waals surface area contributed by atoms with Gasteiger partial charge in [-0.1, -0.05) is 41.4 Å². The van der Waals surface area contributed by atoms with Gasteiger partial charge in [0.1, 0.15) is 9.84 Å². The van der Waals surface area contributed by atoms with Crippen molar-refractivity contribution in [3.05, 3.63) is 63.8 Å². The van der Waals surface area contributed by atoms with E-state index in [9.17, 15) is 27.9 Å². The third kappa shape index (κ3) is 8.15. The highest BCUT2D eigenvalue weighted by Crippen LogP contribution is 2.34. The van der Waals surface area contributed by atoms with Gasteiger partial charge < -0.3 is 24.6 Å². The van der Waals surface area contributed by atoms with Crippen LogP contribution in [0.2, 0.25) is 10.0 Å². The number of aryl methyl sites for hydroxylation is 1. The number of halogens is 2. The van der Waals surface area contributed by atoms with Crippen molar-refractivity contribution in [1.29, 1.82) is 0 Å². The van der Waals surface area contributed by atoms with Gasteiger partial charge in [-0.2, -0.15) is 0 Å². The summed E-state index contributed by atoms with van der Waals surface area (Å²) in [6.45, 7) is 2.10. The van der Waals surface area contributed by atoms with Gasteiger partial charge in [0, 0.05) is 48.0 Å². The number of amides is 2. The molecule has 1 aliphatic carbocycles. The lowest BCUT2D eigenvalue weighted by atomic mass is 9.87. The maximum atomic E-state index is 14.0. The molecule has 3 aliphatic rings. The maximum absolute atomic E-state index is 14.0. The van der Waals surface area contributed by atoms with E-state index in [1.807, 2.05) is 40.8 Å². The van der Waals surface area contributed by atoms with Gasteiger partial charge in [-0.15, -0.1) is 0 Å². The number of ether oxygens (including phenoxy) is 1. The van der Waals surface area contributed by atoms with Crippen molar-refractivity contribution in [2.24, 2.45) is 13.0 Å². The van der Waals surface area contributed by atoms with Gasteiger partial charge in [-0.3, -0.25) is 19.3 Å². The zero-order valence-electron chi connectivity index (χ0n) is 28.3. The number of hydrogen-bond acceptors (Lipinski definition) is 7. The second-order valence-corrected chi connectivity index (χ2v) is 17.2. The van der Waals surface area contributed by atoms with Crippen molar-refractivity contribution >= 4 is 67.4 Å². The topological polar surface area (TPSA) is 138 Å². The summed E-state index contributed by atoms with van der Waals surface area (Å²) in [7, 11) is -1.23. The highest BCUT2D eigenvalue weighted by Gasteiger charge is 2.40. The van der Waals surface area contributed by atoms with Crippen LogP contribution in [0.25, 0.3) is 10.9 Å². The molecule has 14 heteroatoms. The molecule has 270 valence electrons. The molecular weight excluding hydrogens is 703 g/mol. The standard InChI is InChI=1S/C36H44Cl2N4O7S/c1-40-20-29(28-5-3-4-6-33(28)40)35(44)39-32-18-30(37)23(15-31(32)38)16-34(43)42-19-24(41-13-11-27(12-14-41)50(2,47)48)17-25(42)21-49-26-9-7-22(8-10-26)36(45)46/h3-6,15,18,20,22,24-27H,7-14,16-17,19,21H2,1-2H3,(H,39,44)(H,45,46)/t22-,24-,25-,26-/m0/s1. The molecule has 1 aromatic heterocycles. The number of aliphatic carboxylic acids is 1. The minimum Gasteiger partial charge on any atom is -0.481 e. The molecule has 0 bridgehead atoms. The van der Waals surface area contributed by atoms with E-state index >= 15 is 0 Å². The van der Waals surface area contributed by atoms with Crippen molar-refractivity contribution < 1.29 is 32.6 Å². The fourth-order valence-corrected chi connectivity index (χ4v) is 9.34. The Morgan fingerprint density at radius 2 is 1.70 bits per heavy atom. The first kappa shape index (κ1) is 36.6. The molecule has 2 aliphatic heterocycles. The highest BCUT2D eigenvalue weighted by molar-refractivity contribution is 7.91. The average molecular weight is 748 g/mol. The van der Waals surface area contributed by atoms with Gasteiger partial charge >= 0.3 is 5.97 Å². The number of anilines is 1. The van der Waals surface area contributed by atoms with E-state index in [1.165, 1.54) is 6.26 Å². The summed E-state index contributed by atoms with van der Waals surface area (Å²) in [5.74, 6) is -1.57. The van der Waals surface area contributed by atoms with Crippen molar-refractivity contribution in [3.63, 3.8) is 0 Å². The number of carbonyl (C=O) groups excluding carboxylic acids is 2. The van der Waals surface area contributed by atoms with Gasteiger partial charge in [0.25, 0.3) is 5.91 Å². The summed E-state index contributed by atoms with van der Waals surface area (Å²) < 4.78 is 32.5. The van der Waals surface area contributed by atoms with Crippen LogP contribution < -0.4 is 5.32 Å². The smallest absolute Gasteiger partial charge is 0.306 e. The van der Waals surface area contributed by atoms with Crippen LogP contribution in [0.5, 0.6) is 0 Å². The predicted octanol–water partition coefficient (Wildman–Crippen LogP) is 5.42. The first-order valence-corrected chi connectivity index (χ1v) is 19.9. The largest absolute Gasteiger partial charge is 0.481 e. The minimum atomic E-state index is -3.11. The van der Waals surface area contributed by atoms with Crippen LogP contribution in [-0.2, 0) is 37.6 Å². The number of nitrogens with zero attached hydrogens (tertiary/aromatic N) is 3. The van der Waals surface area contributed by atoms with E-state index in [0.29, 0.717) is 93.0 Å². The maximum Gasteiger partial charge on any atom is 0.306 e. The molecule has 2 aromatic carbocycles. The van der Waals surface area contributed by atoms with Crippen LogP contribution in [0.4, 0.5) is 5.69 Å². The second kappa shape index (κ2) is 15.2. The lowest BCUT2D eigenvalue weighted by molar-refractivity contribution is -0.144. The molecule has 0 unspecified atom stereocenters. The minimum absolute atomic E-state index is 0.000798. The number of carboxylic acid groups (broad SMARTS) is 1. The number of carboxylic acids is 1. The Kier molecular flexibility index (Phi) is 11.1. The number of sulfone groups is 1. The Labute approximate surface area is 302 Å². The molecule has 2 N–H and O–H groups in total. The normalized spacial score (nSPS) is 23.7. The molecular formula is C36H44Cl2N4O7S. The summed E-state index contributed by atoms with van der Waals surface area (Å²) in [6.07, 6.45) is 7.29. The molecule has 50 heavy (non-hydrogen) atoms. The van der Waals surface area contributed by atoms with Crippen LogP contribution in [0, 0.1) is 5.92 Å². The summed E-state index contributed by atoms with van der Waals surface area (Å²) in [4.78, 5) is 42.8. The SMILES string of the molecule is Cn1cc(C(=O)Nc2cc(Cl)c(CC(=O)N3C[C@@H](N4CCC(S(C)(=O)=O)CC4)C[C@H]3CO[C@H]3CC[C@H](C(=O)O)CC3)cc2Cl)c2ccccc21. The van der Waals surface area contributed by atoms with Gasteiger partial charge in [0.05, 0.1) is 52.6 Å². The summed E-state index contributed by atoms with van der Waals surface area (Å²) in [5, 5.41) is 13.3. The van der Waals surface area contributed by atoms with E-state index in [0.717, 1.165) is 10.9 Å². The predicted molar refractivity (Wildman–Crippen MR) is 194 cm³/mol.